The highest BCUT2D eigenvalue weighted by Crippen LogP contribution is 2.24. The normalized spacial score (nSPS) is 20.1. The zero-order valence-electron chi connectivity index (χ0n) is 14.2. The Balaban J connectivity index is 2.63. The summed E-state index contributed by atoms with van der Waals surface area (Å²) in [5.41, 5.74) is 5.00. The first kappa shape index (κ1) is 18.0. The van der Waals surface area contributed by atoms with Gasteiger partial charge in [-0.05, 0) is 32.6 Å². The van der Waals surface area contributed by atoms with Gasteiger partial charge in [-0.1, -0.05) is 20.8 Å². The Morgan fingerprint density at radius 3 is 2.43 bits per heavy atom. The third-order valence-electron chi connectivity index (χ3n) is 4.03. The van der Waals surface area contributed by atoms with Gasteiger partial charge in [0.25, 0.3) is 0 Å². The molecular weight excluding hydrogens is 266 g/mol. The topological polar surface area (TPSA) is 66.6 Å². The number of likely N-dealkylation sites (tertiary alicyclic amines) is 1. The van der Waals surface area contributed by atoms with Gasteiger partial charge in [0.15, 0.2) is 0 Å². The minimum atomic E-state index is -0.327. The molecule has 0 aromatic rings. The van der Waals surface area contributed by atoms with Crippen molar-refractivity contribution in [3.05, 3.63) is 0 Å². The van der Waals surface area contributed by atoms with Gasteiger partial charge in [-0.25, -0.2) is 0 Å². The first-order valence-corrected chi connectivity index (χ1v) is 7.93. The summed E-state index contributed by atoms with van der Waals surface area (Å²) in [5, 5.41) is 0. The molecule has 2 N–H and O–H groups in total. The van der Waals surface area contributed by atoms with Crippen LogP contribution in [-0.4, -0.2) is 53.8 Å². The first-order chi connectivity index (χ1) is 9.61. The molecule has 21 heavy (non-hydrogen) atoms. The van der Waals surface area contributed by atoms with Crippen LogP contribution in [-0.2, 0) is 9.59 Å². The Labute approximate surface area is 128 Å². The van der Waals surface area contributed by atoms with Crippen molar-refractivity contribution in [2.24, 2.45) is 17.1 Å². The molecule has 0 saturated carbocycles. The fourth-order valence-electron chi connectivity index (χ4n) is 2.86. The average molecular weight is 297 g/mol. The molecule has 1 aliphatic rings. The Morgan fingerprint density at radius 2 is 1.95 bits per heavy atom. The van der Waals surface area contributed by atoms with Gasteiger partial charge in [0.2, 0.25) is 11.8 Å². The molecule has 0 aromatic carbocycles. The molecule has 1 heterocycles. The lowest BCUT2D eigenvalue weighted by Gasteiger charge is -2.39. The van der Waals surface area contributed by atoms with Crippen LogP contribution in [0.25, 0.3) is 0 Å². The monoisotopic (exact) mass is 297 g/mol. The lowest BCUT2D eigenvalue weighted by molar-refractivity contribution is -0.141. The summed E-state index contributed by atoms with van der Waals surface area (Å²) in [4.78, 5) is 27.7. The second kappa shape index (κ2) is 7.25. The highest BCUT2D eigenvalue weighted by atomic mass is 16.2. The summed E-state index contributed by atoms with van der Waals surface area (Å²) in [6.45, 7) is 12.8. The SMILES string of the molecule is CC(C)N(CC(N)=O)C[C@@H]1CCCN(C(=O)C(C)(C)C)C1. The molecule has 0 radical (unpaired) electrons. The molecule has 0 bridgehead atoms. The van der Waals surface area contributed by atoms with Crippen LogP contribution in [0.5, 0.6) is 0 Å². The van der Waals surface area contributed by atoms with E-state index >= 15 is 0 Å². The molecule has 5 heteroatoms. The number of hydrogen-bond acceptors (Lipinski definition) is 3. The number of rotatable bonds is 5. The van der Waals surface area contributed by atoms with Gasteiger partial charge in [0.05, 0.1) is 6.54 Å². The maximum Gasteiger partial charge on any atom is 0.231 e. The van der Waals surface area contributed by atoms with Crippen LogP contribution >= 0.6 is 0 Å². The van der Waals surface area contributed by atoms with Gasteiger partial charge in [0.1, 0.15) is 0 Å². The molecule has 0 spiro atoms. The largest absolute Gasteiger partial charge is 0.369 e. The number of piperidine rings is 1. The molecule has 0 aliphatic carbocycles. The molecule has 1 atom stereocenters. The fraction of sp³-hybridized carbons (Fsp3) is 0.875. The molecular formula is C16H31N3O2. The number of primary amides is 1. The van der Waals surface area contributed by atoms with E-state index in [1.165, 1.54) is 0 Å². The Morgan fingerprint density at radius 1 is 1.33 bits per heavy atom. The number of nitrogens with two attached hydrogens (primary N) is 1. The summed E-state index contributed by atoms with van der Waals surface area (Å²) in [5.74, 6) is 0.354. The van der Waals surface area contributed by atoms with E-state index in [2.05, 4.69) is 18.7 Å². The van der Waals surface area contributed by atoms with E-state index in [0.717, 1.165) is 32.5 Å². The lowest BCUT2D eigenvalue weighted by atomic mass is 9.91. The van der Waals surface area contributed by atoms with Crippen molar-refractivity contribution in [2.45, 2.75) is 53.5 Å². The fourth-order valence-corrected chi connectivity index (χ4v) is 2.86. The van der Waals surface area contributed by atoms with E-state index in [0.29, 0.717) is 12.5 Å². The van der Waals surface area contributed by atoms with Crippen LogP contribution in [0.15, 0.2) is 0 Å². The highest BCUT2D eigenvalue weighted by Gasteiger charge is 2.31. The molecule has 1 aliphatic heterocycles. The Hall–Kier alpha value is -1.10. The summed E-state index contributed by atoms with van der Waals surface area (Å²) in [6.07, 6.45) is 2.14. The van der Waals surface area contributed by atoms with Crippen molar-refractivity contribution in [3.63, 3.8) is 0 Å². The average Bonchev–Trinajstić information content (AvgIpc) is 2.35. The Bertz CT molecular complexity index is 374. The van der Waals surface area contributed by atoms with Crippen LogP contribution in [0.2, 0.25) is 0 Å². The molecule has 0 unspecified atom stereocenters. The van der Waals surface area contributed by atoms with Crippen molar-refractivity contribution < 1.29 is 9.59 Å². The maximum absolute atomic E-state index is 12.4. The quantitative estimate of drug-likeness (QED) is 0.835. The molecule has 2 amide bonds. The van der Waals surface area contributed by atoms with E-state index in [9.17, 15) is 9.59 Å². The summed E-state index contributed by atoms with van der Waals surface area (Å²) in [7, 11) is 0. The van der Waals surface area contributed by atoms with Crippen LogP contribution in [0.4, 0.5) is 0 Å². The van der Waals surface area contributed by atoms with Gasteiger partial charge < -0.3 is 10.6 Å². The first-order valence-electron chi connectivity index (χ1n) is 7.93. The number of hydrogen-bond donors (Lipinski definition) is 1. The maximum atomic E-state index is 12.4. The predicted octanol–water partition coefficient (Wildman–Crippen LogP) is 1.47. The molecule has 1 saturated heterocycles. The highest BCUT2D eigenvalue weighted by molar-refractivity contribution is 5.81. The van der Waals surface area contributed by atoms with Crippen LogP contribution < -0.4 is 5.73 Å². The molecule has 122 valence electrons. The van der Waals surface area contributed by atoms with Crippen molar-refractivity contribution in [3.8, 4) is 0 Å². The van der Waals surface area contributed by atoms with E-state index in [1.807, 2.05) is 25.7 Å². The van der Waals surface area contributed by atoms with Crippen LogP contribution in [0.1, 0.15) is 47.5 Å². The summed E-state index contributed by atoms with van der Waals surface area (Å²) < 4.78 is 0. The summed E-state index contributed by atoms with van der Waals surface area (Å²) in [6, 6.07) is 0.284. The third kappa shape index (κ3) is 5.65. The van der Waals surface area contributed by atoms with Gasteiger partial charge in [-0.15, -0.1) is 0 Å². The molecule has 1 rings (SSSR count). The minimum Gasteiger partial charge on any atom is -0.369 e. The molecule has 5 nitrogen and oxygen atoms in total. The number of amides is 2. The summed E-state index contributed by atoms with van der Waals surface area (Å²) >= 11 is 0. The smallest absolute Gasteiger partial charge is 0.231 e. The second-order valence-corrected chi connectivity index (χ2v) is 7.50. The van der Waals surface area contributed by atoms with Gasteiger partial charge >= 0.3 is 0 Å². The van der Waals surface area contributed by atoms with Crippen molar-refractivity contribution in [1.82, 2.24) is 9.80 Å². The van der Waals surface area contributed by atoms with Crippen LogP contribution in [0, 0.1) is 11.3 Å². The molecule has 0 aromatic heterocycles. The number of nitrogens with zero attached hydrogens (tertiary/aromatic N) is 2. The van der Waals surface area contributed by atoms with Crippen LogP contribution in [0.3, 0.4) is 0 Å². The van der Waals surface area contributed by atoms with Crippen molar-refractivity contribution >= 4 is 11.8 Å². The third-order valence-corrected chi connectivity index (χ3v) is 4.03. The standard InChI is InChI=1S/C16H31N3O2/c1-12(2)19(11-14(17)20)10-13-7-6-8-18(9-13)15(21)16(3,4)5/h12-13H,6-11H2,1-5H3,(H2,17,20)/t13-/m1/s1. The lowest BCUT2D eigenvalue weighted by Crippen LogP contribution is -2.49. The van der Waals surface area contributed by atoms with Crippen molar-refractivity contribution in [1.29, 1.82) is 0 Å². The zero-order valence-corrected chi connectivity index (χ0v) is 14.2. The van der Waals surface area contributed by atoms with Crippen molar-refractivity contribution in [2.75, 3.05) is 26.2 Å². The second-order valence-electron chi connectivity index (χ2n) is 7.50. The van der Waals surface area contributed by atoms with E-state index in [1.54, 1.807) is 0 Å². The number of carbonyl (C=O) groups excluding carboxylic acids is 2. The minimum absolute atomic E-state index is 0.221. The Kier molecular flexibility index (Phi) is 6.20. The number of carbonyl (C=O) groups is 2. The predicted molar refractivity (Wildman–Crippen MR) is 84.7 cm³/mol. The van der Waals surface area contributed by atoms with E-state index < -0.39 is 0 Å². The zero-order chi connectivity index (χ0) is 16.2. The van der Waals surface area contributed by atoms with Gasteiger partial charge in [-0.2, -0.15) is 0 Å². The van der Waals surface area contributed by atoms with E-state index in [4.69, 9.17) is 5.73 Å². The van der Waals surface area contributed by atoms with Gasteiger partial charge in [0, 0.05) is 31.1 Å². The van der Waals surface area contributed by atoms with E-state index in [-0.39, 0.29) is 23.3 Å². The van der Waals surface area contributed by atoms with Gasteiger partial charge in [-0.3, -0.25) is 14.5 Å². The molecule has 1 fully saturated rings.